The molecule has 0 aliphatic heterocycles. The summed E-state index contributed by atoms with van der Waals surface area (Å²) in [5.74, 6) is -0.801. The van der Waals surface area contributed by atoms with Crippen molar-refractivity contribution in [2.75, 3.05) is 6.54 Å². The number of carboxylic acid groups (broad SMARTS) is 1. The van der Waals surface area contributed by atoms with E-state index in [-0.39, 0.29) is 6.42 Å². The molecule has 0 unspecified atom stereocenters. The van der Waals surface area contributed by atoms with Crippen LogP contribution in [0.5, 0.6) is 0 Å². The van der Waals surface area contributed by atoms with Crippen molar-refractivity contribution in [3.8, 4) is 11.1 Å². The summed E-state index contributed by atoms with van der Waals surface area (Å²) in [4.78, 5) is 20.1. The molecule has 0 radical (unpaired) electrons. The smallest absolute Gasteiger partial charge is 0.304 e. The molecule has 0 aliphatic rings. The first-order valence-electron chi connectivity index (χ1n) is 9.69. The standard InChI is InChI=1S/C24H25N3O3/c1-18(21-6-2-19(3-7-21)16-26-15-12-24(28)29)27-30-17-20-4-8-22(9-5-20)23-10-13-25-14-11-23/h2-11,13-14,26-27H,1,12,15-17H2,(H,28,29). The molecule has 3 rings (SSSR count). The molecule has 0 amide bonds. The average molecular weight is 403 g/mol. The van der Waals surface area contributed by atoms with Crippen LogP contribution in [0, 0.1) is 0 Å². The van der Waals surface area contributed by atoms with Gasteiger partial charge in [-0.05, 0) is 39.9 Å². The lowest BCUT2D eigenvalue weighted by molar-refractivity contribution is -0.136. The summed E-state index contributed by atoms with van der Waals surface area (Å²) in [6.07, 6.45) is 3.68. The Hall–Kier alpha value is -3.48. The summed E-state index contributed by atoms with van der Waals surface area (Å²) in [5.41, 5.74) is 8.89. The van der Waals surface area contributed by atoms with Crippen LogP contribution < -0.4 is 10.8 Å². The Morgan fingerprint density at radius 3 is 2.23 bits per heavy atom. The zero-order chi connectivity index (χ0) is 21.2. The molecule has 3 N–H and O–H groups in total. The van der Waals surface area contributed by atoms with Crippen LogP contribution in [0.15, 0.2) is 79.6 Å². The van der Waals surface area contributed by atoms with E-state index in [2.05, 4.69) is 34.5 Å². The van der Waals surface area contributed by atoms with Crippen LogP contribution >= 0.6 is 0 Å². The van der Waals surface area contributed by atoms with Gasteiger partial charge in [-0.2, -0.15) is 0 Å². The molecule has 3 aromatic rings. The fraction of sp³-hybridized carbons (Fsp3) is 0.167. The molecule has 6 nitrogen and oxygen atoms in total. The summed E-state index contributed by atoms with van der Waals surface area (Å²) in [6, 6.07) is 20.0. The second kappa shape index (κ2) is 10.9. The van der Waals surface area contributed by atoms with Crippen LogP contribution in [-0.2, 0) is 22.8 Å². The average Bonchev–Trinajstić information content (AvgIpc) is 2.78. The number of benzene rings is 2. The number of hydrogen-bond donors (Lipinski definition) is 3. The Bertz CT molecular complexity index is 955. The van der Waals surface area contributed by atoms with Crippen LogP contribution in [0.3, 0.4) is 0 Å². The van der Waals surface area contributed by atoms with E-state index in [1.165, 1.54) is 0 Å². The van der Waals surface area contributed by atoms with Crippen molar-refractivity contribution in [3.63, 3.8) is 0 Å². The molecule has 0 fully saturated rings. The molecule has 1 heterocycles. The van der Waals surface area contributed by atoms with Crippen molar-refractivity contribution in [2.24, 2.45) is 0 Å². The SMILES string of the molecule is C=C(NOCc1ccc(-c2ccncc2)cc1)c1ccc(CNCCC(=O)O)cc1. The van der Waals surface area contributed by atoms with E-state index in [1.54, 1.807) is 12.4 Å². The first kappa shape index (κ1) is 21.2. The summed E-state index contributed by atoms with van der Waals surface area (Å²) in [7, 11) is 0. The molecule has 30 heavy (non-hydrogen) atoms. The fourth-order valence-electron chi connectivity index (χ4n) is 2.86. The second-order valence-corrected chi connectivity index (χ2v) is 6.82. The van der Waals surface area contributed by atoms with Crippen LogP contribution in [-0.4, -0.2) is 22.6 Å². The van der Waals surface area contributed by atoms with Gasteiger partial charge in [0.25, 0.3) is 0 Å². The number of nitrogens with zero attached hydrogens (tertiary/aromatic N) is 1. The Labute approximate surface area is 176 Å². The van der Waals surface area contributed by atoms with Crippen LogP contribution in [0.25, 0.3) is 16.8 Å². The lowest BCUT2D eigenvalue weighted by Gasteiger charge is -2.11. The Morgan fingerprint density at radius 1 is 0.933 bits per heavy atom. The Kier molecular flexibility index (Phi) is 7.71. The molecular formula is C24H25N3O3. The van der Waals surface area contributed by atoms with Gasteiger partial charge < -0.3 is 10.4 Å². The highest BCUT2D eigenvalue weighted by atomic mass is 16.6. The minimum Gasteiger partial charge on any atom is -0.481 e. The van der Waals surface area contributed by atoms with Gasteiger partial charge in [-0.25, -0.2) is 0 Å². The number of hydroxylamine groups is 1. The summed E-state index contributed by atoms with van der Waals surface area (Å²) >= 11 is 0. The van der Waals surface area contributed by atoms with Gasteiger partial charge in [0.1, 0.15) is 0 Å². The lowest BCUT2D eigenvalue weighted by atomic mass is 10.1. The Morgan fingerprint density at radius 2 is 1.57 bits per heavy atom. The maximum Gasteiger partial charge on any atom is 0.304 e. The predicted molar refractivity (Wildman–Crippen MR) is 117 cm³/mol. The molecule has 0 bridgehead atoms. The minimum atomic E-state index is -0.801. The normalized spacial score (nSPS) is 10.5. The predicted octanol–water partition coefficient (Wildman–Crippen LogP) is 4.01. The van der Waals surface area contributed by atoms with Crippen LogP contribution in [0.1, 0.15) is 23.1 Å². The van der Waals surface area contributed by atoms with Crippen molar-refractivity contribution in [2.45, 2.75) is 19.6 Å². The van der Waals surface area contributed by atoms with Gasteiger partial charge in [-0.15, -0.1) is 0 Å². The molecule has 1 aromatic heterocycles. The number of pyridine rings is 1. The highest BCUT2D eigenvalue weighted by Crippen LogP contribution is 2.19. The Balaban J connectivity index is 1.42. The van der Waals surface area contributed by atoms with Gasteiger partial charge in [0.2, 0.25) is 0 Å². The molecule has 154 valence electrons. The second-order valence-electron chi connectivity index (χ2n) is 6.82. The quantitative estimate of drug-likeness (QED) is 0.331. The first-order valence-corrected chi connectivity index (χ1v) is 9.69. The van der Waals surface area contributed by atoms with E-state index in [4.69, 9.17) is 9.94 Å². The number of hydrogen-bond acceptors (Lipinski definition) is 5. The van der Waals surface area contributed by atoms with Crippen molar-refractivity contribution in [3.05, 3.63) is 96.3 Å². The molecule has 0 saturated carbocycles. The first-order chi connectivity index (χ1) is 14.6. The maximum atomic E-state index is 10.5. The maximum absolute atomic E-state index is 10.5. The number of carboxylic acids is 1. The lowest BCUT2D eigenvalue weighted by Crippen LogP contribution is -2.17. The van der Waals surface area contributed by atoms with E-state index in [0.29, 0.717) is 25.4 Å². The highest BCUT2D eigenvalue weighted by molar-refractivity contribution is 5.66. The molecule has 0 saturated heterocycles. The van der Waals surface area contributed by atoms with Crippen LogP contribution in [0.2, 0.25) is 0 Å². The van der Waals surface area contributed by atoms with E-state index in [9.17, 15) is 4.79 Å². The van der Waals surface area contributed by atoms with Crippen LogP contribution in [0.4, 0.5) is 0 Å². The molecule has 0 spiro atoms. The zero-order valence-electron chi connectivity index (χ0n) is 16.7. The van der Waals surface area contributed by atoms with E-state index < -0.39 is 5.97 Å². The van der Waals surface area contributed by atoms with Crippen molar-refractivity contribution >= 4 is 11.7 Å². The summed E-state index contributed by atoms with van der Waals surface area (Å²) < 4.78 is 0. The van der Waals surface area contributed by atoms with Gasteiger partial charge in [0.15, 0.2) is 0 Å². The molecule has 0 atom stereocenters. The number of rotatable bonds is 11. The number of carbonyl (C=O) groups is 1. The van der Waals surface area contributed by atoms with Crippen molar-refractivity contribution in [1.29, 1.82) is 0 Å². The highest BCUT2D eigenvalue weighted by Gasteiger charge is 2.02. The number of nitrogens with one attached hydrogen (secondary N) is 2. The third-order valence-corrected chi connectivity index (χ3v) is 4.55. The minimum absolute atomic E-state index is 0.114. The van der Waals surface area contributed by atoms with Gasteiger partial charge in [0.05, 0.1) is 18.7 Å². The third-order valence-electron chi connectivity index (χ3n) is 4.55. The largest absolute Gasteiger partial charge is 0.481 e. The van der Waals surface area contributed by atoms with Gasteiger partial charge in [-0.1, -0.05) is 55.1 Å². The number of aliphatic carboxylic acids is 1. The van der Waals surface area contributed by atoms with Gasteiger partial charge in [0, 0.05) is 25.5 Å². The summed E-state index contributed by atoms with van der Waals surface area (Å²) in [5, 5.41) is 11.7. The van der Waals surface area contributed by atoms with Crippen molar-refractivity contribution < 1.29 is 14.7 Å². The third kappa shape index (κ3) is 6.55. The molecule has 6 heteroatoms. The monoisotopic (exact) mass is 403 g/mol. The zero-order valence-corrected chi connectivity index (χ0v) is 16.7. The van der Waals surface area contributed by atoms with Crippen molar-refractivity contribution in [1.82, 2.24) is 15.8 Å². The van der Waals surface area contributed by atoms with Gasteiger partial charge >= 0.3 is 5.97 Å². The van der Waals surface area contributed by atoms with E-state index in [1.807, 2.05) is 48.5 Å². The molecular weight excluding hydrogens is 378 g/mol. The topological polar surface area (TPSA) is 83.5 Å². The summed E-state index contributed by atoms with van der Waals surface area (Å²) in [6.45, 7) is 5.50. The van der Waals surface area contributed by atoms with E-state index >= 15 is 0 Å². The molecule has 2 aromatic carbocycles. The molecule has 0 aliphatic carbocycles. The fourth-order valence-corrected chi connectivity index (χ4v) is 2.86. The number of aromatic nitrogens is 1. The van der Waals surface area contributed by atoms with E-state index in [0.717, 1.165) is 27.8 Å². The van der Waals surface area contributed by atoms with Gasteiger partial charge in [-0.3, -0.25) is 20.1 Å².